The molecule has 230 valence electrons. The number of hydrogen-bond donors (Lipinski definition) is 0. The van der Waals surface area contributed by atoms with Gasteiger partial charge in [0.15, 0.2) is 0 Å². The van der Waals surface area contributed by atoms with Crippen molar-refractivity contribution >= 4 is 43.1 Å². The summed E-state index contributed by atoms with van der Waals surface area (Å²) in [4.78, 5) is 0. The molecule has 0 aliphatic heterocycles. The van der Waals surface area contributed by atoms with Gasteiger partial charge in [-0.25, -0.2) is 0 Å². The predicted octanol–water partition coefficient (Wildman–Crippen LogP) is 13.6. The van der Waals surface area contributed by atoms with Crippen LogP contribution in [0.1, 0.15) is 25.0 Å². The fourth-order valence-electron chi connectivity index (χ4n) is 8.68. The maximum atomic E-state index is 2.44. The zero-order chi connectivity index (χ0) is 32.7. The number of hydrogen-bond acceptors (Lipinski definition) is 0. The minimum atomic E-state index is -0.0637. The quantitative estimate of drug-likeness (QED) is 0.136. The smallest absolute Gasteiger partial charge is 0.0159 e. The monoisotopic (exact) mass is 622 g/mol. The maximum absolute atomic E-state index is 2.44. The van der Waals surface area contributed by atoms with E-state index in [-0.39, 0.29) is 5.41 Å². The molecule has 49 heavy (non-hydrogen) atoms. The fraction of sp³-hybridized carbons (Fsp3) is 0.0612. The van der Waals surface area contributed by atoms with Gasteiger partial charge in [0.2, 0.25) is 0 Å². The Bertz CT molecular complexity index is 2760. The van der Waals surface area contributed by atoms with Crippen LogP contribution in [0.25, 0.3) is 87.6 Å². The lowest BCUT2D eigenvalue weighted by Crippen LogP contribution is -2.15. The molecule has 0 atom stereocenters. The van der Waals surface area contributed by atoms with E-state index >= 15 is 0 Å². The van der Waals surface area contributed by atoms with E-state index in [0.29, 0.717) is 0 Å². The van der Waals surface area contributed by atoms with Crippen LogP contribution < -0.4 is 0 Å². The van der Waals surface area contributed by atoms with Crippen LogP contribution in [0.5, 0.6) is 0 Å². The Hall–Kier alpha value is -5.98. The highest BCUT2D eigenvalue weighted by Gasteiger charge is 2.36. The minimum absolute atomic E-state index is 0.0637. The van der Waals surface area contributed by atoms with Gasteiger partial charge in [0.1, 0.15) is 0 Å². The molecule has 0 radical (unpaired) electrons. The summed E-state index contributed by atoms with van der Waals surface area (Å²) in [6.07, 6.45) is 0. The molecule has 0 heterocycles. The summed E-state index contributed by atoms with van der Waals surface area (Å²) in [5, 5.41) is 10.4. The lowest BCUT2D eigenvalue weighted by atomic mass is 9.81. The zero-order valence-corrected chi connectivity index (χ0v) is 27.7. The minimum Gasteiger partial charge on any atom is -0.0622 e. The Morgan fingerprint density at radius 3 is 1.63 bits per heavy atom. The van der Waals surface area contributed by atoms with Gasteiger partial charge in [0, 0.05) is 5.41 Å². The van der Waals surface area contributed by atoms with Crippen LogP contribution in [0.2, 0.25) is 0 Å². The van der Waals surface area contributed by atoms with Gasteiger partial charge in [-0.2, -0.15) is 0 Å². The first-order chi connectivity index (χ1) is 24.1. The molecule has 0 bridgehead atoms. The van der Waals surface area contributed by atoms with Crippen molar-refractivity contribution in [1.29, 1.82) is 0 Å². The largest absolute Gasteiger partial charge is 0.0622 e. The lowest BCUT2D eigenvalue weighted by molar-refractivity contribution is 0.661. The Labute approximate surface area is 286 Å². The zero-order valence-electron chi connectivity index (χ0n) is 27.7. The molecule has 0 aromatic heterocycles. The summed E-state index contributed by atoms with van der Waals surface area (Å²) >= 11 is 0. The molecule has 0 heteroatoms. The highest BCUT2D eigenvalue weighted by atomic mass is 14.4. The summed E-state index contributed by atoms with van der Waals surface area (Å²) in [5.41, 5.74) is 13.1. The average molecular weight is 623 g/mol. The summed E-state index contributed by atoms with van der Waals surface area (Å²) < 4.78 is 0. The van der Waals surface area contributed by atoms with E-state index in [1.54, 1.807) is 0 Å². The lowest BCUT2D eigenvalue weighted by Gasteiger charge is -2.22. The molecule has 1 aliphatic carbocycles. The van der Waals surface area contributed by atoms with Crippen molar-refractivity contribution in [3.8, 4) is 44.5 Å². The molecule has 0 fully saturated rings. The molecule has 10 rings (SSSR count). The molecule has 1 aliphatic rings. The number of benzene rings is 9. The molecule has 0 saturated carbocycles. The van der Waals surface area contributed by atoms with E-state index < -0.39 is 0 Å². The molecule has 9 aromatic rings. The topological polar surface area (TPSA) is 0 Å². The van der Waals surface area contributed by atoms with Crippen LogP contribution in [-0.4, -0.2) is 0 Å². The third-order valence-electron chi connectivity index (χ3n) is 11.0. The van der Waals surface area contributed by atoms with Crippen LogP contribution in [0.3, 0.4) is 0 Å². The van der Waals surface area contributed by atoms with Crippen LogP contribution in [0, 0.1) is 0 Å². The van der Waals surface area contributed by atoms with Crippen molar-refractivity contribution in [2.45, 2.75) is 19.3 Å². The standard InChI is InChI=1S/C49H34/c1-49(2)43-29-26-33-13-6-8-16-37(33)47(43)41-27-25-36(30-44(41)49)31-20-22-35(23-21-31)45-39-18-10-11-19-40(39)46(34-14-4-3-5-15-34)48-38-17-9-7-12-32(38)24-28-42(45)48/h3-30H,1-2H3. The number of rotatable bonds is 3. The molecule has 9 aromatic carbocycles. The third kappa shape index (κ3) is 4.11. The van der Waals surface area contributed by atoms with E-state index in [2.05, 4.69) is 184 Å². The normalized spacial score (nSPS) is 13.3. The summed E-state index contributed by atoms with van der Waals surface area (Å²) in [7, 11) is 0. The van der Waals surface area contributed by atoms with Crippen molar-refractivity contribution in [3.63, 3.8) is 0 Å². The molecule has 0 unspecified atom stereocenters. The van der Waals surface area contributed by atoms with Crippen molar-refractivity contribution in [3.05, 3.63) is 181 Å². The van der Waals surface area contributed by atoms with E-state index in [1.165, 1.54) is 98.7 Å². The second-order valence-corrected chi connectivity index (χ2v) is 14.0. The predicted molar refractivity (Wildman–Crippen MR) is 210 cm³/mol. The van der Waals surface area contributed by atoms with E-state index in [4.69, 9.17) is 0 Å². The average Bonchev–Trinajstić information content (AvgIpc) is 3.39. The van der Waals surface area contributed by atoms with E-state index in [9.17, 15) is 0 Å². The maximum Gasteiger partial charge on any atom is 0.0159 e. The first-order valence-electron chi connectivity index (χ1n) is 17.3. The van der Waals surface area contributed by atoms with Gasteiger partial charge in [-0.1, -0.05) is 178 Å². The van der Waals surface area contributed by atoms with E-state index in [1.807, 2.05) is 0 Å². The van der Waals surface area contributed by atoms with Crippen LogP contribution in [0.15, 0.2) is 170 Å². The van der Waals surface area contributed by atoms with Gasteiger partial charge in [-0.3, -0.25) is 0 Å². The van der Waals surface area contributed by atoms with Crippen LogP contribution in [-0.2, 0) is 5.41 Å². The van der Waals surface area contributed by atoms with Crippen LogP contribution in [0.4, 0.5) is 0 Å². The van der Waals surface area contributed by atoms with Gasteiger partial charge >= 0.3 is 0 Å². The summed E-state index contributed by atoms with van der Waals surface area (Å²) in [6, 6.07) is 63.1. The highest BCUT2D eigenvalue weighted by molar-refractivity contribution is 6.27. The third-order valence-corrected chi connectivity index (χ3v) is 11.0. The van der Waals surface area contributed by atoms with Gasteiger partial charge in [-0.05, 0) is 105 Å². The van der Waals surface area contributed by atoms with Gasteiger partial charge < -0.3 is 0 Å². The van der Waals surface area contributed by atoms with Gasteiger partial charge in [-0.15, -0.1) is 0 Å². The van der Waals surface area contributed by atoms with Gasteiger partial charge in [0.05, 0.1) is 0 Å². The molecule has 0 spiro atoms. The first-order valence-corrected chi connectivity index (χ1v) is 17.3. The van der Waals surface area contributed by atoms with Gasteiger partial charge in [0.25, 0.3) is 0 Å². The molecule has 0 nitrogen and oxygen atoms in total. The molecule has 0 saturated heterocycles. The van der Waals surface area contributed by atoms with Crippen molar-refractivity contribution in [1.82, 2.24) is 0 Å². The second-order valence-electron chi connectivity index (χ2n) is 14.0. The van der Waals surface area contributed by atoms with Crippen molar-refractivity contribution in [2.75, 3.05) is 0 Å². The summed E-state index contributed by atoms with van der Waals surface area (Å²) in [5.74, 6) is 0. The molecule has 0 amide bonds. The van der Waals surface area contributed by atoms with E-state index in [0.717, 1.165) is 0 Å². The Balaban J connectivity index is 1.15. The first kappa shape index (κ1) is 28.1. The van der Waals surface area contributed by atoms with Crippen LogP contribution >= 0.6 is 0 Å². The Morgan fingerprint density at radius 1 is 0.327 bits per heavy atom. The number of fused-ring (bicyclic) bond motifs is 9. The second kappa shape index (κ2) is 10.5. The Kier molecular flexibility index (Phi) is 6.02. The highest BCUT2D eigenvalue weighted by Crippen LogP contribution is 2.52. The molecule has 0 N–H and O–H groups in total. The molecular formula is C49H34. The van der Waals surface area contributed by atoms with Crippen molar-refractivity contribution in [2.24, 2.45) is 0 Å². The fourth-order valence-corrected chi connectivity index (χ4v) is 8.68. The molecular weight excluding hydrogens is 589 g/mol. The summed E-state index contributed by atoms with van der Waals surface area (Å²) in [6.45, 7) is 4.75. The Morgan fingerprint density at radius 2 is 0.878 bits per heavy atom. The SMILES string of the molecule is CC1(C)c2cc(-c3ccc(-c4c5ccccc5c(-c5ccccc5)c5c4ccc4ccccc45)cc3)ccc2-c2c1ccc1ccccc21. The van der Waals surface area contributed by atoms with Crippen molar-refractivity contribution < 1.29 is 0 Å².